The Bertz CT molecular complexity index is 119. The lowest BCUT2D eigenvalue weighted by Gasteiger charge is -2.25. The van der Waals surface area contributed by atoms with Gasteiger partial charge in [0.2, 0.25) is 0 Å². The van der Waals surface area contributed by atoms with E-state index in [1.165, 1.54) is 19.3 Å². The third-order valence-electron chi connectivity index (χ3n) is 2.83. The monoisotopic (exact) mass is 190 g/mol. The summed E-state index contributed by atoms with van der Waals surface area (Å²) in [5, 5.41) is 0.313. The third-order valence-corrected chi connectivity index (χ3v) is 3.26. The minimum absolute atomic E-state index is 0.313. The average molecular weight is 191 g/mol. The first-order valence-corrected chi connectivity index (χ1v) is 5.35. The van der Waals surface area contributed by atoms with Gasteiger partial charge in [0.15, 0.2) is 0 Å². The van der Waals surface area contributed by atoms with E-state index in [9.17, 15) is 0 Å². The lowest BCUT2D eigenvalue weighted by molar-refractivity contribution is 0.0594. The van der Waals surface area contributed by atoms with Crippen LogP contribution >= 0.6 is 11.6 Å². The standard InChI is InChI=1S/C10H19ClO/c1-8(9(2)11)7-10-3-5-12-6-4-10/h8-10H,3-7H2,1-2H3. The molecule has 0 spiro atoms. The van der Waals surface area contributed by atoms with Crippen LogP contribution in [0.4, 0.5) is 0 Å². The van der Waals surface area contributed by atoms with Crippen LogP contribution in [0.15, 0.2) is 0 Å². The highest BCUT2D eigenvalue weighted by Crippen LogP contribution is 2.25. The fraction of sp³-hybridized carbons (Fsp3) is 1.00. The SMILES string of the molecule is CC(Cl)C(C)CC1CCOCC1. The van der Waals surface area contributed by atoms with Gasteiger partial charge in [0.25, 0.3) is 0 Å². The van der Waals surface area contributed by atoms with Crippen LogP contribution in [0.5, 0.6) is 0 Å². The van der Waals surface area contributed by atoms with Gasteiger partial charge in [-0.05, 0) is 38.0 Å². The summed E-state index contributed by atoms with van der Waals surface area (Å²) in [6, 6.07) is 0. The van der Waals surface area contributed by atoms with E-state index in [1.54, 1.807) is 0 Å². The smallest absolute Gasteiger partial charge is 0.0468 e. The molecule has 0 saturated carbocycles. The molecule has 1 rings (SSSR count). The van der Waals surface area contributed by atoms with Crippen molar-refractivity contribution in [2.24, 2.45) is 11.8 Å². The van der Waals surface area contributed by atoms with E-state index in [0.29, 0.717) is 11.3 Å². The van der Waals surface area contributed by atoms with Crippen molar-refractivity contribution >= 4 is 11.6 Å². The maximum Gasteiger partial charge on any atom is 0.0468 e. The molecule has 1 aliphatic heterocycles. The Hall–Kier alpha value is 0.250. The molecule has 0 aromatic carbocycles. The molecule has 0 aromatic rings. The first-order chi connectivity index (χ1) is 5.70. The largest absolute Gasteiger partial charge is 0.381 e. The van der Waals surface area contributed by atoms with Crippen molar-refractivity contribution in [1.29, 1.82) is 0 Å². The summed E-state index contributed by atoms with van der Waals surface area (Å²) in [6.07, 6.45) is 3.73. The highest BCUT2D eigenvalue weighted by molar-refractivity contribution is 6.20. The minimum Gasteiger partial charge on any atom is -0.381 e. The summed E-state index contributed by atoms with van der Waals surface area (Å²) >= 11 is 6.02. The summed E-state index contributed by atoms with van der Waals surface area (Å²) < 4.78 is 5.31. The number of rotatable bonds is 3. The molecule has 1 nitrogen and oxygen atoms in total. The molecule has 2 atom stereocenters. The molecule has 1 saturated heterocycles. The topological polar surface area (TPSA) is 9.23 Å². The molecular formula is C10H19ClO. The van der Waals surface area contributed by atoms with Gasteiger partial charge >= 0.3 is 0 Å². The van der Waals surface area contributed by atoms with Crippen LogP contribution in [-0.2, 0) is 4.74 Å². The second-order valence-corrected chi connectivity index (χ2v) is 4.63. The molecule has 0 N–H and O–H groups in total. The molecule has 0 aliphatic carbocycles. The molecule has 2 heteroatoms. The normalized spacial score (nSPS) is 25.2. The van der Waals surface area contributed by atoms with E-state index in [2.05, 4.69) is 13.8 Å². The summed E-state index contributed by atoms with van der Waals surface area (Å²) in [6.45, 7) is 6.24. The number of hydrogen-bond donors (Lipinski definition) is 0. The van der Waals surface area contributed by atoms with E-state index in [4.69, 9.17) is 16.3 Å². The van der Waals surface area contributed by atoms with Crippen LogP contribution in [0.1, 0.15) is 33.1 Å². The lowest BCUT2D eigenvalue weighted by Crippen LogP contribution is -2.20. The Morgan fingerprint density at radius 3 is 2.42 bits per heavy atom. The zero-order valence-corrected chi connectivity index (χ0v) is 8.81. The molecule has 0 radical (unpaired) electrons. The fourth-order valence-electron chi connectivity index (χ4n) is 1.70. The van der Waals surface area contributed by atoms with Crippen molar-refractivity contribution in [1.82, 2.24) is 0 Å². The van der Waals surface area contributed by atoms with Crippen molar-refractivity contribution in [2.45, 2.75) is 38.5 Å². The quantitative estimate of drug-likeness (QED) is 0.622. The Balaban J connectivity index is 2.20. The third kappa shape index (κ3) is 3.32. The van der Waals surface area contributed by atoms with E-state index >= 15 is 0 Å². The maximum absolute atomic E-state index is 6.02. The van der Waals surface area contributed by atoms with Gasteiger partial charge < -0.3 is 4.74 Å². The van der Waals surface area contributed by atoms with Gasteiger partial charge in [0.05, 0.1) is 0 Å². The first-order valence-electron chi connectivity index (χ1n) is 4.92. The number of alkyl halides is 1. The summed E-state index contributed by atoms with van der Waals surface area (Å²) in [4.78, 5) is 0. The van der Waals surface area contributed by atoms with Crippen molar-refractivity contribution in [3.63, 3.8) is 0 Å². The zero-order valence-electron chi connectivity index (χ0n) is 8.05. The first kappa shape index (κ1) is 10.3. The van der Waals surface area contributed by atoms with Gasteiger partial charge in [-0.1, -0.05) is 6.92 Å². The van der Waals surface area contributed by atoms with Gasteiger partial charge in [0.1, 0.15) is 0 Å². The fourth-order valence-corrected chi connectivity index (χ4v) is 1.80. The van der Waals surface area contributed by atoms with Crippen molar-refractivity contribution < 1.29 is 4.74 Å². The molecule has 0 aromatic heterocycles. The van der Waals surface area contributed by atoms with Crippen molar-refractivity contribution in [2.75, 3.05) is 13.2 Å². The summed E-state index contributed by atoms with van der Waals surface area (Å²) in [5.41, 5.74) is 0. The van der Waals surface area contributed by atoms with Gasteiger partial charge in [-0.3, -0.25) is 0 Å². The molecule has 1 aliphatic rings. The maximum atomic E-state index is 6.02. The molecule has 0 bridgehead atoms. The Morgan fingerprint density at radius 1 is 1.33 bits per heavy atom. The van der Waals surface area contributed by atoms with E-state index < -0.39 is 0 Å². The number of ether oxygens (including phenoxy) is 1. The van der Waals surface area contributed by atoms with E-state index in [0.717, 1.165) is 19.1 Å². The Morgan fingerprint density at radius 2 is 1.92 bits per heavy atom. The van der Waals surface area contributed by atoms with Gasteiger partial charge in [-0.15, -0.1) is 11.6 Å². The van der Waals surface area contributed by atoms with Gasteiger partial charge in [-0.25, -0.2) is 0 Å². The van der Waals surface area contributed by atoms with Crippen LogP contribution in [0.2, 0.25) is 0 Å². The van der Waals surface area contributed by atoms with Crippen molar-refractivity contribution in [3.05, 3.63) is 0 Å². The minimum atomic E-state index is 0.313. The van der Waals surface area contributed by atoms with Crippen LogP contribution < -0.4 is 0 Å². The van der Waals surface area contributed by atoms with Gasteiger partial charge in [-0.2, -0.15) is 0 Å². The van der Waals surface area contributed by atoms with Crippen LogP contribution in [-0.4, -0.2) is 18.6 Å². The highest BCUT2D eigenvalue weighted by Gasteiger charge is 2.18. The van der Waals surface area contributed by atoms with E-state index in [-0.39, 0.29) is 0 Å². The molecule has 72 valence electrons. The number of hydrogen-bond acceptors (Lipinski definition) is 1. The lowest BCUT2D eigenvalue weighted by atomic mass is 9.88. The molecule has 1 fully saturated rings. The molecule has 12 heavy (non-hydrogen) atoms. The molecule has 1 heterocycles. The molecule has 2 unspecified atom stereocenters. The molecular weight excluding hydrogens is 172 g/mol. The Kier molecular flexibility index (Phi) is 4.38. The average Bonchev–Trinajstić information content (AvgIpc) is 2.06. The summed E-state index contributed by atoms with van der Waals surface area (Å²) in [5.74, 6) is 1.50. The predicted octanol–water partition coefficient (Wildman–Crippen LogP) is 3.07. The van der Waals surface area contributed by atoms with Crippen LogP contribution in [0, 0.1) is 11.8 Å². The second kappa shape index (κ2) is 5.08. The van der Waals surface area contributed by atoms with E-state index in [1.807, 2.05) is 0 Å². The Labute approximate surface area is 80.4 Å². The van der Waals surface area contributed by atoms with Crippen molar-refractivity contribution in [3.8, 4) is 0 Å². The zero-order chi connectivity index (χ0) is 8.97. The molecule has 0 amide bonds. The summed E-state index contributed by atoms with van der Waals surface area (Å²) in [7, 11) is 0. The second-order valence-electron chi connectivity index (χ2n) is 3.95. The van der Waals surface area contributed by atoms with Crippen LogP contribution in [0.25, 0.3) is 0 Å². The highest BCUT2D eigenvalue weighted by atomic mass is 35.5. The van der Waals surface area contributed by atoms with Crippen LogP contribution in [0.3, 0.4) is 0 Å². The number of halogens is 1. The van der Waals surface area contributed by atoms with Gasteiger partial charge in [0, 0.05) is 18.6 Å². The predicted molar refractivity (Wildman–Crippen MR) is 52.6 cm³/mol.